The number of amides is 1. The van der Waals surface area contributed by atoms with Gasteiger partial charge in [0.2, 0.25) is 5.91 Å². The molecule has 3 rings (SSSR count). The van der Waals surface area contributed by atoms with Crippen LogP contribution in [0.2, 0.25) is 0 Å². The Bertz CT molecular complexity index is 883. The van der Waals surface area contributed by atoms with Gasteiger partial charge in [0.15, 0.2) is 5.58 Å². The number of oxazole rings is 1. The van der Waals surface area contributed by atoms with Gasteiger partial charge in [-0.3, -0.25) is 9.36 Å². The summed E-state index contributed by atoms with van der Waals surface area (Å²) in [7, 11) is 0. The molecule has 0 aliphatic rings. The van der Waals surface area contributed by atoms with Crippen molar-refractivity contribution in [2.75, 3.05) is 13.2 Å². The van der Waals surface area contributed by atoms with Crippen LogP contribution >= 0.6 is 0 Å². The molecular weight excluding hydrogens is 320 g/mol. The van der Waals surface area contributed by atoms with Gasteiger partial charge in [-0.05, 0) is 30.7 Å². The van der Waals surface area contributed by atoms with E-state index in [-0.39, 0.29) is 12.3 Å². The van der Waals surface area contributed by atoms with Crippen LogP contribution in [-0.4, -0.2) is 23.6 Å². The molecule has 0 unspecified atom stereocenters. The average Bonchev–Trinajstić information content (AvgIpc) is 2.95. The molecule has 2 aromatic carbocycles. The van der Waals surface area contributed by atoms with Gasteiger partial charge in [0.25, 0.3) is 0 Å². The van der Waals surface area contributed by atoms with E-state index in [1.807, 2.05) is 36.4 Å². The van der Waals surface area contributed by atoms with Gasteiger partial charge in [0, 0.05) is 19.5 Å². The first kappa shape index (κ1) is 16.8. The van der Waals surface area contributed by atoms with Crippen LogP contribution in [0.4, 0.5) is 0 Å². The number of aromatic nitrogens is 1. The van der Waals surface area contributed by atoms with E-state index in [1.165, 1.54) is 4.57 Å². The van der Waals surface area contributed by atoms with Crippen molar-refractivity contribution in [3.8, 4) is 5.75 Å². The Morgan fingerprint density at radius 2 is 1.84 bits per heavy atom. The van der Waals surface area contributed by atoms with E-state index >= 15 is 0 Å². The highest BCUT2D eigenvalue weighted by atomic mass is 16.5. The molecule has 130 valence electrons. The number of hydrogen-bond donors (Lipinski definition) is 1. The first-order chi connectivity index (χ1) is 12.2. The second-order valence-electron chi connectivity index (χ2n) is 5.60. The predicted octanol–water partition coefficient (Wildman–Crippen LogP) is 2.57. The SMILES string of the molecule is O=C(CCn1c(=O)oc2ccccc21)NCCCOc1ccccc1. The molecule has 1 heterocycles. The van der Waals surface area contributed by atoms with Crippen molar-refractivity contribution >= 4 is 17.0 Å². The molecule has 25 heavy (non-hydrogen) atoms. The first-order valence-electron chi connectivity index (χ1n) is 8.27. The number of rotatable bonds is 8. The maximum absolute atomic E-state index is 11.9. The second-order valence-corrected chi connectivity index (χ2v) is 5.60. The number of nitrogens with one attached hydrogen (secondary N) is 1. The Morgan fingerprint density at radius 1 is 1.08 bits per heavy atom. The molecule has 0 saturated heterocycles. The summed E-state index contributed by atoms with van der Waals surface area (Å²) in [5.41, 5.74) is 1.24. The highest BCUT2D eigenvalue weighted by molar-refractivity contribution is 5.76. The summed E-state index contributed by atoms with van der Waals surface area (Å²) in [6.45, 7) is 1.37. The molecule has 0 spiro atoms. The van der Waals surface area contributed by atoms with Crippen LogP contribution in [0.3, 0.4) is 0 Å². The molecule has 1 amide bonds. The topological polar surface area (TPSA) is 73.5 Å². The summed E-state index contributed by atoms with van der Waals surface area (Å²) in [5, 5.41) is 2.83. The third-order valence-corrected chi connectivity index (χ3v) is 3.79. The maximum Gasteiger partial charge on any atom is 0.419 e. The minimum absolute atomic E-state index is 0.100. The van der Waals surface area contributed by atoms with Crippen molar-refractivity contribution in [1.82, 2.24) is 9.88 Å². The highest BCUT2D eigenvalue weighted by Gasteiger charge is 2.10. The molecular formula is C19H20N2O4. The standard InChI is InChI=1S/C19H20N2O4/c22-18(20-12-6-14-24-15-7-2-1-3-8-15)11-13-21-16-9-4-5-10-17(16)25-19(21)23/h1-5,7-10H,6,11-14H2,(H,20,22). The monoisotopic (exact) mass is 340 g/mol. The van der Waals surface area contributed by atoms with Crippen LogP contribution in [0.15, 0.2) is 63.8 Å². The normalized spacial score (nSPS) is 10.7. The molecule has 0 saturated carbocycles. The minimum atomic E-state index is -0.440. The van der Waals surface area contributed by atoms with Crippen LogP contribution in [0.5, 0.6) is 5.75 Å². The maximum atomic E-state index is 11.9. The van der Waals surface area contributed by atoms with Crippen molar-refractivity contribution in [3.05, 3.63) is 65.1 Å². The summed E-state index contributed by atoms with van der Waals surface area (Å²) in [6.07, 6.45) is 0.943. The van der Waals surface area contributed by atoms with Crippen LogP contribution in [-0.2, 0) is 11.3 Å². The van der Waals surface area contributed by atoms with E-state index in [0.29, 0.717) is 30.8 Å². The largest absolute Gasteiger partial charge is 0.494 e. The van der Waals surface area contributed by atoms with Crippen LogP contribution in [0.25, 0.3) is 11.1 Å². The fraction of sp³-hybridized carbons (Fsp3) is 0.263. The molecule has 0 bridgehead atoms. The van der Waals surface area contributed by atoms with Gasteiger partial charge in [-0.1, -0.05) is 30.3 Å². The van der Waals surface area contributed by atoms with Crippen molar-refractivity contribution in [1.29, 1.82) is 0 Å². The van der Waals surface area contributed by atoms with Crippen LogP contribution in [0.1, 0.15) is 12.8 Å². The summed E-state index contributed by atoms with van der Waals surface area (Å²) in [4.78, 5) is 23.8. The lowest BCUT2D eigenvalue weighted by Crippen LogP contribution is -2.27. The number of carbonyl (C=O) groups is 1. The molecule has 0 aliphatic carbocycles. The summed E-state index contributed by atoms with van der Waals surface area (Å²) in [6, 6.07) is 16.7. The number of para-hydroxylation sites is 3. The number of aryl methyl sites for hydroxylation is 1. The smallest absolute Gasteiger partial charge is 0.419 e. The van der Waals surface area contributed by atoms with E-state index in [2.05, 4.69) is 5.32 Å². The van der Waals surface area contributed by atoms with Gasteiger partial charge in [-0.15, -0.1) is 0 Å². The van der Waals surface area contributed by atoms with Crippen molar-refractivity contribution in [2.24, 2.45) is 0 Å². The molecule has 1 aromatic heterocycles. The summed E-state index contributed by atoms with van der Waals surface area (Å²) in [5.74, 6) is 0.280. The fourth-order valence-corrected chi connectivity index (χ4v) is 2.53. The molecule has 0 aliphatic heterocycles. The van der Waals surface area contributed by atoms with Gasteiger partial charge >= 0.3 is 5.76 Å². The van der Waals surface area contributed by atoms with Gasteiger partial charge in [-0.25, -0.2) is 4.79 Å². The van der Waals surface area contributed by atoms with Gasteiger partial charge in [0.05, 0.1) is 12.1 Å². The molecule has 6 nitrogen and oxygen atoms in total. The van der Waals surface area contributed by atoms with Gasteiger partial charge in [0.1, 0.15) is 5.75 Å². The number of benzene rings is 2. The molecule has 6 heteroatoms. The molecule has 0 radical (unpaired) electrons. The van der Waals surface area contributed by atoms with E-state index in [9.17, 15) is 9.59 Å². The quantitative estimate of drug-likeness (QED) is 0.640. The van der Waals surface area contributed by atoms with Gasteiger partial charge < -0.3 is 14.5 Å². The number of carbonyl (C=O) groups excluding carboxylic acids is 1. The summed E-state index contributed by atoms with van der Waals surface area (Å²) < 4.78 is 12.2. The second kappa shape index (κ2) is 8.19. The Kier molecular flexibility index (Phi) is 5.51. The Morgan fingerprint density at radius 3 is 2.68 bits per heavy atom. The van der Waals surface area contributed by atoms with E-state index in [1.54, 1.807) is 18.2 Å². The molecule has 0 fully saturated rings. The number of nitrogens with zero attached hydrogens (tertiary/aromatic N) is 1. The van der Waals surface area contributed by atoms with E-state index in [0.717, 1.165) is 12.2 Å². The lowest BCUT2D eigenvalue weighted by Gasteiger charge is -2.07. The van der Waals surface area contributed by atoms with E-state index in [4.69, 9.17) is 9.15 Å². The molecule has 0 atom stereocenters. The third-order valence-electron chi connectivity index (χ3n) is 3.79. The first-order valence-corrected chi connectivity index (χ1v) is 8.27. The lowest BCUT2D eigenvalue weighted by atomic mass is 10.3. The third kappa shape index (κ3) is 4.50. The molecule has 1 N–H and O–H groups in total. The van der Waals surface area contributed by atoms with Crippen molar-refractivity contribution in [3.63, 3.8) is 0 Å². The van der Waals surface area contributed by atoms with E-state index < -0.39 is 5.76 Å². The zero-order chi connectivity index (χ0) is 17.5. The Balaban J connectivity index is 1.39. The van der Waals surface area contributed by atoms with Crippen LogP contribution in [0, 0.1) is 0 Å². The highest BCUT2D eigenvalue weighted by Crippen LogP contribution is 2.12. The zero-order valence-electron chi connectivity index (χ0n) is 13.8. The Labute approximate surface area is 145 Å². The summed E-state index contributed by atoms with van der Waals surface area (Å²) >= 11 is 0. The average molecular weight is 340 g/mol. The van der Waals surface area contributed by atoms with Gasteiger partial charge in [-0.2, -0.15) is 0 Å². The van der Waals surface area contributed by atoms with Crippen molar-refractivity contribution in [2.45, 2.75) is 19.4 Å². The fourth-order valence-electron chi connectivity index (χ4n) is 2.53. The predicted molar refractivity (Wildman–Crippen MR) is 94.7 cm³/mol. The zero-order valence-corrected chi connectivity index (χ0v) is 13.8. The minimum Gasteiger partial charge on any atom is -0.494 e. The number of fused-ring (bicyclic) bond motifs is 1. The number of hydrogen-bond acceptors (Lipinski definition) is 4. The van der Waals surface area contributed by atoms with Crippen LogP contribution < -0.4 is 15.8 Å². The number of ether oxygens (including phenoxy) is 1. The Hall–Kier alpha value is -3.02. The molecule has 3 aromatic rings. The lowest BCUT2D eigenvalue weighted by molar-refractivity contribution is -0.121. The van der Waals surface area contributed by atoms with Crippen molar-refractivity contribution < 1.29 is 13.9 Å².